The highest BCUT2D eigenvalue weighted by atomic mass is 35.5. The van der Waals surface area contributed by atoms with Gasteiger partial charge in [-0.25, -0.2) is 9.97 Å². The Hall–Kier alpha value is -3.82. The number of anilines is 1. The lowest BCUT2D eigenvalue weighted by molar-refractivity contribution is -0.122. The Bertz CT molecular complexity index is 1380. The summed E-state index contributed by atoms with van der Waals surface area (Å²) in [7, 11) is 3.24. The predicted octanol–water partition coefficient (Wildman–Crippen LogP) is 3.80. The average molecular weight is 521 g/mol. The van der Waals surface area contributed by atoms with E-state index in [1.165, 1.54) is 5.56 Å². The van der Waals surface area contributed by atoms with Crippen molar-refractivity contribution in [1.82, 2.24) is 25.6 Å². The summed E-state index contributed by atoms with van der Waals surface area (Å²) in [6, 6.07) is 15.5. The number of benzene rings is 2. The monoisotopic (exact) mass is 520 g/mol. The van der Waals surface area contributed by atoms with E-state index < -0.39 is 0 Å². The second-order valence-corrected chi connectivity index (χ2v) is 9.52. The molecule has 0 saturated carbocycles. The number of rotatable bonds is 9. The first-order chi connectivity index (χ1) is 18.0. The quantitative estimate of drug-likeness (QED) is 0.265. The van der Waals surface area contributed by atoms with E-state index in [1.54, 1.807) is 32.5 Å². The molecule has 1 aliphatic heterocycles. The Morgan fingerprint density at radius 3 is 2.57 bits per heavy atom. The maximum Gasteiger partial charge on any atom is 0.257 e. The highest BCUT2D eigenvalue weighted by molar-refractivity contribution is 6.34. The lowest BCUT2D eigenvalue weighted by Gasteiger charge is -2.31. The number of nitrogens with one attached hydrogen (secondary N) is 4. The zero-order chi connectivity index (χ0) is 25.8. The van der Waals surface area contributed by atoms with Gasteiger partial charge in [-0.15, -0.1) is 0 Å². The smallest absolute Gasteiger partial charge is 0.257 e. The van der Waals surface area contributed by atoms with Crippen molar-refractivity contribution in [3.8, 4) is 22.9 Å². The number of aromatic nitrogens is 3. The van der Waals surface area contributed by atoms with Gasteiger partial charge in [-0.3, -0.25) is 4.79 Å². The summed E-state index contributed by atoms with van der Waals surface area (Å²) in [5.74, 6) is 1.91. The second-order valence-electron chi connectivity index (χ2n) is 9.11. The molecular formula is C27H29ClN6O3. The molecule has 4 N–H and O–H groups in total. The number of hydrogen-bond acceptors (Lipinski definition) is 7. The topological polar surface area (TPSA) is 113 Å². The summed E-state index contributed by atoms with van der Waals surface area (Å²) in [6.07, 6.45) is 3.40. The Morgan fingerprint density at radius 2 is 1.89 bits per heavy atom. The fourth-order valence-electron chi connectivity index (χ4n) is 4.57. The molecule has 0 radical (unpaired) electrons. The summed E-state index contributed by atoms with van der Waals surface area (Å²) < 4.78 is 10.8. The first-order valence-corrected chi connectivity index (χ1v) is 12.5. The molecular weight excluding hydrogens is 492 g/mol. The van der Waals surface area contributed by atoms with Crippen molar-refractivity contribution in [1.29, 1.82) is 0 Å². The summed E-state index contributed by atoms with van der Waals surface area (Å²) >= 11 is 6.68. The number of carbonyl (C=O) groups is 1. The van der Waals surface area contributed by atoms with Crippen LogP contribution >= 0.6 is 11.6 Å². The van der Waals surface area contributed by atoms with Gasteiger partial charge in [0.05, 0.1) is 29.6 Å². The Kier molecular flexibility index (Phi) is 7.16. The van der Waals surface area contributed by atoms with Crippen LogP contribution in [0.2, 0.25) is 5.02 Å². The van der Waals surface area contributed by atoms with E-state index in [2.05, 4.69) is 38.1 Å². The van der Waals surface area contributed by atoms with Crippen LogP contribution in [-0.4, -0.2) is 60.3 Å². The van der Waals surface area contributed by atoms with Gasteiger partial charge in [-0.05, 0) is 61.3 Å². The largest absolute Gasteiger partial charge is 0.497 e. The Labute approximate surface area is 219 Å². The van der Waals surface area contributed by atoms with Crippen LogP contribution < -0.4 is 25.4 Å². The number of hydrogen-bond donors (Lipinski definition) is 4. The SMILES string of the molecule is CNC(=O)COc1ccc(-c2nc3ncc(Cl)c(N[C@@]4(Cc5ccc(OC)cc5)CCNC4)c3[nH]2)cc1. The van der Waals surface area contributed by atoms with Crippen molar-refractivity contribution >= 4 is 34.4 Å². The van der Waals surface area contributed by atoms with Gasteiger partial charge < -0.3 is 30.4 Å². The first-order valence-electron chi connectivity index (χ1n) is 12.1. The number of likely N-dealkylation sites (N-methyl/N-ethyl adjacent to an activating group) is 1. The summed E-state index contributed by atoms with van der Waals surface area (Å²) in [4.78, 5) is 24.0. The molecule has 9 nitrogen and oxygen atoms in total. The van der Waals surface area contributed by atoms with Gasteiger partial charge in [-0.2, -0.15) is 0 Å². The maximum absolute atomic E-state index is 11.4. The number of pyridine rings is 1. The molecule has 0 bridgehead atoms. The molecule has 0 unspecified atom stereocenters. The fraction of sp³-hybridized carbons (Fsp3) is 0.296. The van der Waals surface area contributed by atoms with E-state index in [-0.39, 0.29) is 18.1 Å². The number of ether oxygens (including phenoxy) is 2. The lowest BCUT2D eigenvalue weighted by atomic mass is 9.89. The molecule has 1 atom stereocenters. The molecule has 1 amide bonds. The number of aromatic amines is 1. The summed E-state index contributed by atoms with van der Waals surface area (Å²) in [5, 5.41) is 10.3. The third kappa shape index (κ3) is 5.47. The van der Waals surface area contributed by atoms with Gasteiger partial charge >= 0.3 is 0 Å². The average Bonchev–Trinajstić information content (AvgIpc) is 3.57. The number of carbonyl (C=O) groups excluding carboxylic acids is 1. The van der Waals surface area contributed by atoms with Crippen LogP contribution in [0.5, 0.6) is 11.5 Å². The second kappa shape index (κ2) is 10.7. The van der Waals surface area contributed by atoms with Crippen LogP contribution in [0.4, 0.5) is 5.69 Å². The normalized spacial score (nSPS) is 17.1. The molecule has 4 aromatic rings. The molecule has 2 aromatic carbocycles. The molecule has 3 heterocycles. The number of imidazole rings is 1. The van der Waals surface area contributed by atoms with E-state index in [4.69, 9.17) is 26.1 Å². The van der Waals surface area contributed by atoms with Crippen LogP contribution in [0.1, 0.15) is 12.0 Å². The molecule has 1 aliphatic rings. The highest BCUT2D eigenvalue weighted by Crippen LogP contribution is 2.35. The van der Waals surface area contributed by atoms with E-state index in [0.29, 0.717) is 22.2 Å². The van der Waals surface area contributed by atoms with E-state index in [0.717, 1.165) is 48.4 Å². The maximum atomic E-state index is 11.4. The van der Waals surface area contributed by atoms with Crippen molar-refractivity contribution in [3.63, 3.8) is 0 Å². The van der Waals surface area contributed by atoms with Gasteiger partial charge in [-0.1, -0.05) is 23.7 Å². The lowest BCUT2D eigenvalue weighted by Crippen LogP contribution is -2.42. The Balaban J connectivity index is 1.41. The standard InChI is InChI=1S/C27H29ClN6O3/c1-29-22(35)15-37-20-9-5-18(6-10-20)25-32-24-23(21(28)14-31-26(24)33-25)34-27(11-12-30-16-27)13-17-3-7-19(36-2)8-4-17/h3-10,14,30H,11-13,15-16H2,1-2H3,(H,29,35)(H2,31,32,33,34)/t27-/m1/s1. The summed E-state index contributed by atoms with van der Waals surface area (Å²) in [6.45, 7) is 1.68. The van der Waals surface area contributed by atoms with Gasteiger partial charge in [0.25, 0.3) is 5.91 Å². The van der Waals surface area contributed by atoms with E-state index >= 15 is 0 Å². The fourth-order valence-corrected chi connectivity index (χ4v) is 4.76. The molecule has 192 valence electrons. The number of halogens is 1. The number of H-pyrrole nitrogens is 1. The minimum absolute atomic E-state index is 0.0366. The number of nitrogens with zero attached hydrogens (tertiary/aromatic N) is 2. The predicted molar refractivity (Wildman–Crippen MR) is 144 cm³/mol. The zero-order valence-corrected chi connectivity index (χ0v) is 21.5. The molecule has 37 heavy (non-hydrogen) atoms. The van der Waals surface area contributed by atoms with Gasteiger partial charge in [0.2, 0.25) is 0 Å². The minimum Gasteiger partial charge on any atom is -0.497 e. The van der Waals surface area contributed by atoms with Crippen molar-refractivity contribution in [2.24, 2.45) is 0 Å². The minimum atomic E-state index is -0.221. The van der Waals surface area contributed by atoms with Gasteiger partial charge in [0.15, 0.2) is 12.3 Å². The van der Waals surface area contributed by atoms with Crippen LogP contribution in [0.15, 0.2) is 54.7 Å². The molecule has 5 rings (SSSR count). The molecule has 0 aliphatic carbocycles. The molecule has 0 spiro atoms. The highest BCUT2D eigenvalue weighted by Gasteiger charge is 2.35. The zero-order valence-electron chi connectivity index (χ0n) is 20.7. The van der Waals surface area contributed by atoms with Crippen molar-refractivity contribution < 1.29 is 14.3 Å². The number of amides is 1. The van der Waals surface area contributed by atoms with Crippen LogP contribution in [0, 0.1) is 0 Å². The number of methoxy groups -OCH3 is 1. The van der Waals surface area contributed by atoms with Crippen molar-refractivity contribution in [3.05, 3.63) is 65.3 Å². The van der Waals surface area contributed by atoms with E-state index in [9.17, 15) is 4.79 Å². The van der Waals surface area contributed by atoms with E-state index in [1.807, 2.05) is 24.3 Å². The molecule has 1 fully saturated rings. The Morgan fingerprint density at radius 1 is 1.14 bits per heavy atom. The summed E-state index contributed by atoms with van der Waals surface area (Å²) in [5.41, 5.74) is 3.97. The van der Waals surface area contributed by atoms with Gasteiger partial charge in [0.1, 0.15) is 22.8 Å². The number of fused-ring (bicyclic) bond motifs is 1. The van der Waals surface area contributed by atoms with Crippen LogP contribution in [0.25, 0.3) is 22.6 Å². The van der Waals surface area contributed by atoms with Crippen LogP contribution in [-0.2, 0) is 11.2 Å². The van der Waals surface area contributed by atoms with Crippen LogP contribution in [0.3, 0.4) is 0 Å². The third-order valence-electron chi connectivity index (χ3n) is 6.59. The molecule has 1 saturated heterocycles. The molecule has 10 heteroatoms. The van der Waals surface area contributed by atoms with Gasteiger partial charge in [0, 0.05) is 19.2 Å². The first kappa shape index (κ1) is 24.9. The van der Waals surface area contributed by atoms with Crippen molar-refractivity contribution in [2.75, 3.05) is 39.2 Å². The van der Waals surface area contributed by atoms with Crippen molar-refractivity contribution in [2.45, 2.75) is 18.4 Å². The third-order valence-corrected chi connectivity index (χ3v) is 6.87. The molecule has 2 aromatic heterocycles.